The van der Waals surface area contributed by atoms with Crippen molar-refractivity contribution < 1.29 is 26.4 Å². The highest BCUT2D eigenvalue weighted by molar-refractivity contribution is 7.90. The number of nitrogens with zero attached hydrogens (tertiary/aromatic N) is 1. The predicted octanol–water partition coefficient (Wildman–Crippen LogP) is 1.50. The number of nitrogens with one attached hydrogen (secondary N) is 1. The summed E-state index contributed by atoms with van der Waals surface area (Å²) >= 11 is 0. The van der Waals surface area contributed by atoms with Crippen molar-refractivity contribution in [3.8, 4) is 0 Å². The number of carbonyl (C=O) groups excluding carboxylic acids is 2. The van der Waals surface area contributed by atoms with Crippen LogP contribution in [-0.2, 0) is 24.7 Å². The average Bonchev–Trinajstić information content (AvgIpc) is 2.87. The van der Waals surface area contributed by atoms with E-state index >= 15 is 0 Å². The zero-order valence-corrected chi connectivity index (χ0v) is 17.5. The van der Waals surface area contributed by atoms with E-state index in [4.69, 9.17) is 0 Å². The van der Waals surface area contributed by atoms with Crippen LogP contribution in [-0.4, -0.2) is 45.8 Å². The molecule has 0 saturated carbocycles. The molecule has 0 fully saturated rings. The molecule has 1 aliphatic heterocycles. The highest BCUT2D eigenvalue weighted by atomic mass is 32.2. The molecule has 29 heavy (non-hydrogen) atoms. The zero-order chi connectivity index (χ0) is 21.4. The first kappa shape index (κ1) is 21.0. The highest BCUT2D eigenvalue weighted by Gasteiger charge is 2.41. The van der Waals surface area contributed by atoms with Gasteiger partial charge in [0.1, 0.15) is 11.4 Å². The Morgan fingerprint density at radius 3 is 2.28 bits per heavy atom. The van der Waals surface area contributed by atoms with E-state index in [2.05, 4.69) is 5.32 Å². The van der Waals surface area contributed by atoms with Gasteiger partial charge in [-0.1, -0.05) is 31.2 Å². The molecule has 0 spiro atoms. The van der Waals surface area contributed by atoms with Crippen LogP contribution in [0.5, 0.6) is 0 Å². The molecule has 1 N–H and O–H groups in total. The van der Waals surface area contributed by atoms with Crippen molar-refractivity contribution in [2.45, 2.75) is 29.2 Å². The number of hydrogen-bond donors (Lipinski definition) is 1. The molecule has 3 rings (SSSR count). The number of benzene rings is 2. The minimum Gasteiger partial charge on any atom is -0.348 e. The minimum atomic E-state index is -4.06. The van der Waals surface area contributed by atoms with Gasteiger partial charge in [-0.3, -0.25) is 9.59 Å². The van der Waals surface area contributed by atoms with Gasteiger partial charge in [0.05, 0.1) is 16.5 Å². The van der Waals surface area contributed by atoms with Crippen molar-refractivity contribution in [1.29, 1.82) is 0 Å². The van der Waals surface area contributed by atoms with Gasteiger partial charge in [-0.15, -0.1) is 0 Å². The van der Waals surface area contributed by atoms with Crippen molar-refractivity contribution in [3.63, 3.8) is 0 Å². The third-order valence-electron chi connectivity index (χ3n) is 4.65. The van der Waals surface area contributed by atoms with E-state index < -0.39 is 44.3 Å². The second kappa shape index (κ2) is 7.60. The number of sulfone groups is 1. The van der Waals surface area contributed by atoms with Gasteiger partial charge in [0.15, 0.2) is 9.84 Å². The molecule has 1 unspecified atom stereocenters. The summed E-state index contributed by atoms with van der Waals surface area (Å²) in [5.74, 6) is -1.37. The van der Waals surface area contributed by atoms with Gasteiger partial charge in [0.2, 0.25) is 5.91 Å². The first-order valence-electron chi connectivity index (χ1n) is 8.81. The molecular weight excluding hydrogens is 416 g/mol. The molecule has 154 valence electrons. The number of carbonyl (C=O) groups is 2. The lowest BCUT2D eigenvalue weighted by atomic mass is 10.0. The maximum Gasteiger partial charge on any atom is 0.269 e. The van der Waals surface area contributed by atoms with Crippen molar-refractivity contribution in [3.05, 3.63) is 59.7 Å². The van der Waals surface area contributed by atoms with Crippen LogP contribution in [0.4, 0.5) is 0 Å². The van der Waals surface area contributed by atoms with Crippen molar-refractivity contribution in [2.24, 2.45) is 0 Å². The summed E-state index contributed by atoms with van der Waals surface area (Å²) in [6.07, 6.45) is 1.59. The van der Waals surface area contributed by atoms with Gasteiger partial charge in [0, 0.05) is 6.26 Å². The Balaban J connectivity index is 1.75. The van der Waals surface area contributed by atoms with Crippen LogP contribution in [0, 0.1) is 0 Å². The van der Waals surface area contributed by atoms with E-state index in [1.54, 1.807) is 18.2 Å². The number of rotatable bonds is 6. The molecule has 1 aliphatic rings. The zero-order valence-electron chi connectivity index (χ0n) is 15.8. The molecule has 2 amide bonds. The Morgan fingerprint density at radius 1 is 1.10 bits per heavy atom. The summed E-state index contributed by atoms with van der Waals surface area (Å²) in [5, 5.41) is 2.71. The Labute approximate surface area is 169 Å². The maximum absolute atomic E-state index is 12.6. The third kappa shape index (κ3) is 4.03. The van der Waals surface area contributed by atoms with Crippen LogP contribution in [0.15, 0.2) is 58.3 Å². The number of amides is 2. The SMILES string of the molecule is CCC(NC(=O)CN1C(=O)c2ccccc2S1(=O)=O)c1ccc(S(C)(=O)=O)cc1. The molecule has 8 nitrogen and oxygen atoms in total. The van der Waals surface area contributed by atoms with Gasteiger partial charge in [-0.05, 0) is 36.2 Å². The lowest BCUT2D eigenvalue weighted by molar-refractivity contribution is -0.121. The van der Waals surface area contributed by atoms with Gasteiger partial charge >= 0.3 is 0 Å². The standard InChI is InChI=1S/C19H20N2O6S2/c1-3-16(13-8-10-14(11-9-13)28(2,24)25)20-18(22)12-21-19(23)15-6-4-5-7-17(15)29(21,26)27/h4-11,16H,3,12H2,1-2H3,(H,20,22). The molecule has 2 aromatic rings. The minimum absolute atomic E-state index is 0.0451. The van der Waals surface area contributed by atoms with Crippen LogP contribution in [0.3, 0.4) is 0 Å². The van der Waals surface area contributed by atoms with Crippen LogP contribution in [0.2, 0.25) is 0 Å². The molecule has 2 aromatic carbocycles. The lowest BCUT2D eigenvalue weighted by Gasteiger charge is -2.20. The van der Waals surface area contributed by atoms with Gasteiger partial charge in [-0.2, -0.15) is 0 Å². The summed E-state index contributed by atoms with van der Waals surface area (Å²) in [5.41, 5.74) is 0.718. The summed E-state index contributed by atoms with van der Waals surface area (Å²) < 4.78 is 48.8. The molecule has 0 saturated heterocycles. The number of hydrogen-bond acceptors (Lipinski definition) is 6. The Kier molecular flexibility index (Phi) is 5.50. The van der Waals surface area contributed by atoms with Crippen molar-refractivity contribution in [2.75, 3.05) is 12.8 Å². The van der Waals surface area contributed by atoms with E-state index in [1.807, 2.05) is 6.92 Å². The fourth-order valence-electron chi connectivity index (χ4n) is 3.13. The van der Waals surface area contributed by atoms with E-state index in [9.17, 15) is 26.4 Å². The summed E-state index contributed by atoms with van der Waals surface area (Å²) in [6.45, 7) is 1.19. The second-order valence-electron chi connectivity index (χ2n) is 6.68. The van der Waals surface area contributed by atoms with Crippen molar-refractivity contribution >= 4 is 31.7 Å². The first-order chi connectivity index (χ1) is 13.6. The van der Waals surface area contributed by atoms with Crippen molar-refractivity contribution in [1.82, 2.24) is 9.62 Å². The average molecular weight is 437 g/mol. The monoisotopic (exact) mass is 436 g/mol. The predicted molar refractivity (Wildman–Crippen MR) is 105 cm³/mol. The van der Waals surface area contributed by atoms with E-state index in [-0.39, 0.29) is 15.4 Å². The third-order valence-corrected chi connectivity index (χ3v) is 7.57. The highest BCUT2D eigenvalue weighted by Crippen LogP contribution is 2.29. The van der Waals surface area contributed by atoms with Crippen LogP contribution < -0.4 is 5.32 Å². The lowest BCUT2D eigenvalue weighted by Crippen LogP contribution is -2.41. The van der Waals surface area contributed by atoms with E-state index in [0.29, 0.717) is 16.3 Å². The fourth-order valence-corrected chi connectivity index (χ4v) is 5.28. The largest absolute Gasteiger partial charge is 0.348 e. The summed E-state index contributed by atoms with van der Waals surface area (Å²) in [6, 6.07) is 11.4. The van der Waals surface area contributed by atoms with Gasteiger partial charge < -0.3 is 5.32 Å². The van der Waals surface area contributed by atoms with Crippen LogP contribution in [0.1, 0.15) is 35.3 Å². The normalized spacial score (nSPS) is 16.3. The second-order valence-corrected chi connectivity index (χ2v) is 10.5. The molecular formula is C19H20N2O6S2. The quantitative estimate of drug-likeness (QED) is 0.733. The molecule has 1 atom stereocenters. The first-order valence-corrected chi connectivity index (χ1v) is 12.1. The van der Waals surface area contributed by atoms with E-state index in [0.717, 1.165) is 6.26 Å². The number of fused-ring (bicyclic) bond motifs is 1. The topological polar surface area (TPSA) is 118 Å². The molecule has 0 bridgehead atoms. The Hall–Kier alpha value is -2.72. The van der Waals surface area contributed by atoms with Crippen LogP contribution in [0.25, 0.3) is 0 Å². The van der Waals surface area contributed by atoms with E-state index in [1.165, 1.54) is 30.3 Å². The summed E-state index contributed by atoms with van der Waals surface area (Å²) in [4.78, 5) is 25.0. The maximum atomic E-state index is 12.6. The molecule has 0 aromatic heterocycles. The Morgan fingerprint density at radius 2 is 1.72 bits per heavy atom. The molecule has 10 heteroatoms. The molecule has 0 radical (unpaired) electrons. The molecule has 0 aliphatic carbocycles. The van der Waals surface area contributed by atoms with Crippen LogP contribution >= 0.6 is 0 Å². The smallest absolute Gasteiger partial charge is 0.269 e. The summed E-state index contributed by atoms with van der Waals surface area (Å²) in [7, 11) is -7.40. The van der Waals surface area contributed by atoms with Gasteiger partial charge in [0.25, 0.3) is 15.9 Å². The Bertz CT molecular complexity index is 1170. The fraction of sp³-hybridized carbons (Fsp3) is 0.263. The number of sulfonamides is 1. The molecule has 1 heterocycles. The van der Waals surface area contributed by atoms with Gasteiger partial charge in [-0.25, -0.2) is 21.1 Å².